The number of fused-ring (bicyclic) bond motifs is 1. The van der Waals surface area contributed by atoms with E-state index in [1.807, 2.05) is 48.5 Å². The second-order valence-corrected chi connectivity index (χ2v) is 12.3. The first-order valence-electron chi connectivity index (χ1n) is 11.7. The molecule has 5 rings (SSSR count). The summed E-state index contributed by atoms with van der Waals surface area (Å²) in [7, 11) is -3.58. The largest absolute Gasteiger partial charge is 0.322 e. The predicted molar refractivity (Wildman–Crippen MR) is 141 cm³/mol. The van der Waals surface area contributed by atoms with E-state index in [0.29, 0.717) is 36.2 Å². The van der Waals surface area contributed by atoms with Crippen LogP contribution in [-0.4, -0.2) is 36.7 Å². The van der Waals surface area contributed by atoms with Crippen LogP contribution in [0.4, 0.5) is 5.69 Å². The highest BCUT2D eigenvalue weighted by atomic mass is 32.2. The SMILES string of the molecule is CC1CC(C)CN(S(=O)(=O)c2ccc(C(=O)Nc3cccc(-c4nc5ccccc5s4)c3)cc2)C1. The fourth-order valence-electron chi connectivity index (χ4n) is 4.66. The van der Waals surface area contributed by atoms with Gasteiger partial charge in [-0.05, 0) is 66.8 Å². The Morgan fingerprint density at radius 2 is 1.69 bits per heavy atom. The number of nitrogens with one attached hydrogen (secondary N) is 1. The Balaban J connectivity index is 1.31. The van der Waals surface area contributed by atoms with E-state index >= 15 is 0 Å². The van der Waals surface area contributed by atoms with Gasteiger partial charge in [-0.1, -0.05) is 38.1 Å². The third kappa shape index (κ3) is 5.00. The van der Waals surface area contributed by atoms with Crippen LogP contribution in [0.15, 0.2) is 77.7 Å². The number of nitrogens with zero attached hydrogens (tertiary/aromatic N) is 2. The van der Waals surface area contributed by atoms with Crippen molar-refractivity contribution < 1.29 is 13.2 Å². The first-order chi connectivity index (χ1) is 16.8. The van der Waals surface area contributed by atoms with Crippen molar-refractivity contribution >= 4 is 43.2 Å². The highest BCUT2D eigenvalue weighted by Crippen LogP contribution is 2.31. The lowest BCUT2D eigenvalue weighted by Gasteiger charge is -2.34. The smallest absolute Gasteiger partial charge is 0.255 e. The number of aromatic nitrogens is 1. The number of amides is 1. The van der Waals surface area contributed by atoms with Crippen molar-refractivity contribution in [1.29, 1.82) is 0 Å². The summed E-state index contributed by atoms with van der Waals surface area (Å²) in [6.45, 7) is 5.22. The van der Waals surface area contributed by atoms with Crippen molar-refractivity contribution in [3.63, 3.8) is 0 Å². The van der Waals surface area contributed by atoms with Gasteiger partial charge in [0, 0.05) is 29.9 Å². The highest BCUT2D eigenvalue weighted by molar-refractivity contribution is 7.89. The number of sulfonamides is 1. The number of thiazole rings is 1. The van der Waals surface area contributed by atoms with Gasteiger partial charge >= 0.3 is 0 Å². The second kappa shape index (κ2) is 9.53. The Kier molecular flexibility index (Phi) is 6.44. The lowest BCUT2D eigenvalue weighted by atomic mass is 9.94. The predicted octanol–water partition coefficient (Wildman–Crippen LogP) is 5.88. The summed E-state index contributed by atoms with van der Waals surface area (Å²) in [6, 6.07) is 21.7. The number of hydrogen-bond acceptors (Lipinski definition) is 5. The molecule has 0 radical (unpaired) electrons. The van der Waals surface area contributed by atoms with Gasteiger partial charge < -0.3 is 5.32 Å². The molecule has 1 aliphatic rings. The summed E-state index contributed by atoms with van der Waals surface area (Å²) >= 11 is 1.61. The molecule has 35 heavy (non-hydrogen) atoms. The zero-order chi connectivity index (χ0) is 24.6. The van der Waals surface area contributed by atoms with E-state index in [0.717, 1.165) is 27.2 Å². The van der Waals surface area contributed by atoms with Crippen LogP contribution in [0.25, 0.3) is 20.8 Å². The minimum Gasteiger partial charge on any atom is -0.322 e. The molecule has 1 fully saturated rings. The van der Waals surface area contributed by atoms with Crippen LogP contribution in [0.3, 0.4) is 0 Å². The molecule has 2 unspecified atom stereocenters. The quantitative estimate of drug-likeness (QED) is 0.367. The molecule has 1 N–H and O–H groups in total. The number of carbonyl (C=O) groups excluding carboxylic acids is 1. The zero-order valence-electron chi connectivity index (χ0n) is 19.6. The number of anilines is 1. The monoisotopic (exact) mass is 505 g/mol. The Morgan fingerprint density at radius 1 is 0.971 bits per heavy atom. The fraction of sp³-hybridized carbons (Fsp3) is 0.259. The third-order valence-electron chi connectivity index (χ3n) is 6.25. The average molecular weight is 506 g/mol. The van der Waals surface area contributed by atoms with Gasteiger partial charge in [0.1, 0.15) is 5.01 Å². The van der Waals surface area contributed by atoms with Crippen LogP contribution in [0.2, 0.25) is 0 Å². The molecule has 1 amide bonds. The van der Waals surface area contributed by atoms with Crippen LogP contribution in [0.1, 0.15) is 30.6 Å². The Labute approximate surface area is 209 Å². The molecule has 0 spiro atoms. The molecular formula is C27H27N3O3S2. The van der Waals surface area contributed by atoms with E-state index in [1.165, 1.54) is 12.1 Å². The number of piperidine rings is 1. The number of hydrogen-bond donors (Lipinski definition) is 1. The molecule has 0 saturated carbocycles. The van der Waals surface area contributed by atoms with Gasteiger partial charge in [-0.15, -0.1) is 11.3 Å². The molecule has 1 aromatic heterocycles. The van der Waals surface area contributed by atoms with Gasteiger partial charge in [-0.2, -0.15) is 4.31 Å². The van der Waals surface area contributed by atoms with Crippen LogP contribution in [0.5, 0.6) is 0 Å². The van der Waals surface area contributed by atoms with Gasteiger partial charge in [0.05, 0.1) is 15.1 Å². The number of benzene rings is 3. The molecule has 0 bridgehead atoms. The summed E-state index contributed by atoms with van der Waals surface area (Å²) in [5, 5.41) is 3.80. The van der Waals surface area contributed by atoms with Crippen molar-refractivity contribution in [2.75, 3.05) is 18.4 Å². The van der Waals surface area contributed by atoms with E-state index in [4.69, 9.17) is 0 Å². The molecule has 4 aromatic rings. The molecule has 0 aliphatic carbocycles. The number of carbonyl (C=O) groups is 1. The maximum absolute atomic E-state index is 13.1. The lowest BCUT2D eigenvalue weighted by molar-refractivity contribution is 0.102. The maximum atomic E-state index is 13.1. The Bertz CT molecular complexity index is 1440. The van der Waals surface area contributed by atoms with Gasteiger partial charge in [0.25, 0.3) is 5.91 Å². The number of para-hydroxylation sites is 1. The van der Waals surface area contributed by atoms with Crippen LogP contribution >= 0.6 is 11.3 Å². The molecule has 2 heterocycles. The summed E-state index contributed by atoms with van der Waals surface area (Å²) < 4.78 is 28.9. The Morgan fingerprint density at radius 3 is 2.40 bits per heavy atom. The molecule has 3 aromatic carbocycles. The highest BCUT2D eigenvalue weighted by Gasteiger charge is 2.31. The first kappa shape index (κ1) is 23.7. The van der Waals surface area contributed by atoms with Gasteiger partial charge in [0.2, 0.25) is 10.0 Å². The molecule has 180 valence electrons. The van der Waals surface area contributed by atoms with E-state index in [-0.39, 0.29) is 10.8 Å². The standard InChI is InChI=1S/C27H27N3O3S2/c1-18-14-19(2)17-30(16-18)35(32,33)23-12-10-20(11-13-23)26(31)28-22-7-5-6-21(15-22)27-29-24-8-3-4-9-25(24)34-27/h3-13,15,18-19H,14,16-17H2,1-2H3,(H,28,31). The van der Waals surface area contributed by atoms with E-state index < -0.39 is 10.0 Å². The molecule has 1 aliphatic heterocycles. The minimum absolute atomic E-state index is 0.216. The van der Waals surface area contributed by atoms with E-state index in [1.54, 1.807) is 27.8 Å². The lowest BCUT2D eigenvalue weighted by Crippen LogP contribution is -2.42. The van der Waals surface area contributed by atoms with Gasteiger partial charge in [-0.25, -0.2) is 13.4 Å². The molecule has 1 saturated heterocycles. The van der Waals surface area contributed by atoms with E-state index in [9.17, 15) is 13.2 Å². The summed E-state index contributed by atoms with van der Waals surface area (Å²) in [5.41, 5.74) is 2.93. The van der Waals surface area contributed by atoms with Crippen molar-refractivity contribution in [2.45, 2.75) is 25.2 Å². The fourth-order valence-corrected chi connectivity index (χ4v) is 7.30. The van der Waals surface area contributed by atoms with E-state index in [2.05, 4.69) is 24.1 Å². The van der Waals surface area contributed by atoms with Crippen molar-refractivity contribution in [3.05, 3.63) is 78.4 Å². The molecular weight excluding hydrogens is 478 g/mol. The molecule has 2 atom stereocenters. The second-order valence-electron chi connectivity index (χ2n) is 9.31. The maximum Gasteiger partial charge on any atom is 0.255 e. The summed E-state index contributed by atoms with van der Waals surface area (Å²) in [6.07, 6.45) is 1.03. The summed E-state index contributed by atoms with van der Waals surface area (Å²) in [4.78, 5) is 17.8. The van der Waals surface area contributed by atoms with Crippen LogP contribution < -0.4 is 5.32 Å². The van der Waals surface area contributed by atoms with Crippen molar-refractivity contribution in [1.82, 2.24) is 9.29 Å². The normalized spacial score (nSPS) is 19.0. The van der Waals surface area contributed by atoms with Crippen LogP contribution in [0, 0.1) is 11.8 Å². The average Bonchev–Trinajstić information content (AvgIpc) is 3.28. The van der Waals surface area contributed by atoms with Crippen molar-refractivity contribution in [3.8, 4) is 10.6 Å². The third-order valence-corrected chi connectivity index (χ3v) is 9.18. The topological polar surface area (TPSA) is 79.4 Å². The Hall–Kier alpha value is -3.07. The van der Waals surface area contributed by atoms with Crippen LogP contribution in [-0.2, 0) is 10.0 Å². The minimum atomic E-state index is -3.58. The summed E-state index contributed by atoms with van der Waals surface area (Å²) in [5.74, 6) is 0.366. The molecule has 8 heteroatoms. The number of rotatable bonds is 5. The molecule has 6 nitrogen and oxygen atoms in total. The van der Waals surface area contributed by atoms with Crippen molar-refractivity contribution in [2.24, 2.45) is 11.8 Å². The zero-order valence-corrected chi connectivity index (χ0v) is 21.3. The van der Waals surface area contributed by atoms with Gasteiger partial charge in [-0.3, -0.25) is 4.79 Å². The first-order valence-corrected chi connectivity index (χ1v) is 13.9. The van der Waals surface area contributed by atoms with Gasteiger partial charge in [0.15, 0.2) is 0 Å².